The third-order valence-corrected chi connectivity index (χ3v) is 3.02. The van der Waals surface area contributed by atoms with Crippen LogP contribution < -0.4 is 10.6 Å². The summed E-state index contributed by atoms with van der Waals surface area (Å²) < 4.78 is 0. The maximum absolute atomic E-state index is 5.74. The van der Waals surface area contributed by atoms with Crippen LogP contribution in [0.25, 0.3) is 0 Å². The molecule has 1 aliphatic carbocycles. The summed E-state index contributed by atoms with van der Waals surface area (Å²) in [5.41, 5.74) is 7.75. The predicted molar refractivity (Wildman–Crippen MR) is 66.3 cm³/mol. The molecule has 0 bridgehead atoms. The number of pyridine rings is 1. The number of thiocarbonyl (C=S) groups is 1. The van der Waals surface area contributed by atoms with Crippen LogP contribution in [0, 0.1) is 6.92 Å². The van der Waals surface area contributed by atoms with Crippen molar-refractivity contribution in [2.75, 3.05) is 11.9 Å². The number of rotatable bonds is 3. The third-order valence-electron chi connectivity index (χ3n) is 2.81. The molecule has 4 heteroatoms. The minimum atomic E-state index is 0.433. The van der Waals surface area contributed by atoms with E-state index in [0.717, 1.165) is 16.9 Å². The largest absolute Gasteiger partial charge is 0.389 e. The maximum Gasteiger partial charge on any atom is 0.139 e. The second-order valence-electron chi connectivity index (χ2n) is 4.03. The quantitative estimate of drug-likeness (QED) is 0.788. The molecule has 0 aromatic carbocycles. The summed E-state index contributed by atoms with van der Waals surface area (Å²) in [6, 6.07) is 2.56. The molecule has 1 saturated carbocycles. The van der Waals surface area contributed by atoms with Crippen LogP contribution in [0.5, 0.6) is 0 Å². The van der Waals surface area contributed by atoms with Crippen LogP contribution in [0.4, 0.5) is 5.82 Å². The number of nitrogens with two attached hydrogens (primary N) is 1. The first-order valence-electron chi connectivity index (χ1n) is 5.09. The summed E-state index contributed by atoms with van der Waals surface area (Å²) in [5.74, 6) is 0.921. The van der Waals surface area contributed by atoms with Crippen LogP contribution in [0.15, 0.2) is 12.3 Å². The average Bonchev–Trinajstić information content (AvgIpc) is 2.98. The Morgan fingerprint density at radius 3 is 2.80 bits per heavy atom. The van der Waals surface area contributed by atoms with Crippen molar-refractivity contribution in [3.8, 4) is 0 Å². The molecule has 2 rings (SSSR count). The lowest BCUT2D eigenvalue weighted by Crippen LogP contribution is -2.25. The molecule has 0 atom stereocenters. The molecule has 2 N–H and O–H groups in total. The van der Waals surface area contributed by atoms with Crippen molar-refractivity contribution < 1.29 is 0 Å². The Kier molecular flexibility index (Phi) is 2.61. The van der Waals surface area contributed by atoms with E-state index in [9.17, 15) is 0 Å². The number of aromatic nitrogens is 1. The van der Waals surface area contributed by atoms with Gasteiger partial charge in [-0.05, 0) is 31.4 Å². The lowest BCUT2D eigenvalue weighted by Gasteiger charge is -2.21. The summed E-state index contributed by atoms with van der Waals surface area (Å²) >= 11 is 5.07. The lowest BCUT2D eigenvalue weighted by molar-refractivity contribution is 0.889. The fraction of sp³-hybridized carbons (Fsp3) is 0.455. The second kappa shape index (κ2) is 3.77. The van der Waals surface area contributed by atoms with Crippen LogP contribution in [0.3, 0.4) is 0 Å². The van der Waals surface area contributed by atoms with Crippen molar-refractivity contribution >= 4 is 23.0 Å². The molecule has 1 fully saturated rings. The molecule has 0 aliphatic heterocycles. The minimum absolute atomic E-state index is 0.433. The minimum Gasteiger partial charge on any atom is -0.389 e. The molecule has 1 aromatic rings. The van der Waals surface area contributed by atoms with E-state index in [-0.39, 0.29) is 0 Å². The number of aryl methyl sites for hydroxylation is 1. The van der Waals surface area contributed by atoms with E-state index < -0.39 is 0 Å². The topological polar surface area (TPSA) is 42.2 Å². The van der Waals surface area contributed by atoms with Gasteiger partial charge in [0, 0.05) is 19.3 Å². The van der Waals surface area contributed by atoms with Crippen LogP contribution in [-0.2, 0) is 0 Å². The van der Waals surface area contributed by atoms with E-state index in [1.165, 1.54) is 12.8 Å². The zero-order valence-electron chi connectivity index (χ0n) is 9.03. The van der Waals surface area contributed by atoms with E-state index in [1.54, 1.807) is 0 Å². The number of anilines is 1. The van der Waals surface area contributed by atoms with Crippen molar-refractivity contribution in [1.29, 1.82) is 0 Å². The zero-order chi connectivity index (χ0) is 11.0. The van der Waals surface area contributed by atoms with Gasteiger partial charge in [0.25, 0.3) is 0 Å². The highest BCUT2D eigenvalue weighted by molar-refractivity contribution is 7.80. The molecule has 3 nitrogen and oxygen atoms in total. The number of hydrogen-bond donors (Lipinski definition) is 1. The Morgan fingerprint density at radius 1 is 1.60 bits per heavy atom. The molecule has 0 radical (unpaired) electrons. The summed E-state index contributed by atoms with van der Waals surface area (Å²) in [7, 11) is 2.06. The molecule has 0 saturated heterocycles. The van der Waals surface area contributed by atoms with Gasteiger partial charge in [0.2, 0.25) is 0 Å². The van der Waals surface area contributed by atoms with Crippen molar-refractivity contribution in [2.24, 2.45) is 5.73 Å². The Labute approximate surface area is 95.3 Å². The number of nitrogens with zero attached hydrogens (tertiary/aromatic N) is 2. The summed E-state index contributed by atoms with van der Waals surface area (Å²) in [5, 5.41) is 0. The lowest BCUT2D eigenvalue weighted by atomic mass is 10.1. The van der Waals surface area contributed by atoms with Gasteiger partial charge in [0.1, 0.15) is 10.8 Å². The molecule has 1 aliphatic rings. The monoisotopic (exact) mass is 221 g/mol. The molecule has 1 aromatic heterocycles. The van der Waals surface area contributed by atoms with Crippen molar-refractivity contribution in [1.82, 2.24) is 4.98 Å². The van der Waals surface area contributed by atoms with Crippen LogP contribution >= 0.6 is 12.2 Å². The van der Waals surface area contributed by atoms with Crippen LogP contribution in [0.2, 0.25) is 0 Å². The zero-order valence-corrected chi connectivity index (χ0v) is 9.84. The first-order chi connectivity index (χ1) is 7.11. The van der Waals surface area contributed by atoms with Gasteiger partial charge in [0.15, 0.2) is 0 Å². The molecular formula is C11H15N3S. The van der Waals surface area contributed by atoms with Gasteiger partial charge in [-0.2, -0.15) is 0 Å². The van der Waals surface area contributed by atoms with E-state index in [1.807, 2.05) is 19.2 Å². The summed E-state index contributed by atoms with van der Waals surface area (Å²) in [6.07, 6.45) is 4.29. The molecule has 80 valence electrons. The average molecular weight is 221 g/mol. The van der Waals surface area contributed by atoms with Gasteiger partial charge < -0.3 is 10.6 Å². The Hall–Kier alpha value is -1.16. The third kappa shape index (κ3) is 1.95. The van der Waals surface area contributed by atoms with E-state index in [4.69, 9.17) is 18.0 Å². The molecule has 0 amide bonds. The van der Waals surface area contributed by atoms with E-state index >= 15 is 0 Å². The number of hydrogen-bond acceptors (Lipinski definition) is 3. The molecule has 0 spiro atoms. The van der Waals surface area contributed by atoms with Crippen molar-refractivity contribution in [2.45, 2.75) is 25.8 Å². The van der Waals surface area contributed by atoms with E-state index in [0.29, 0.717) is 11.0 Å². The van der Waals surface area contributed by atoms with Crippen molar-refractivity contribution in [3.63, 3.8) is 0 Å². The standard InChI is InChI=1S/C11H15N3S/c1-7-5-6-13-11(9(7)10(12)15)14(2)8-3-4-8/h5-6,8H,3-4H2,1-2H3,(H2,12,15). The summed E-state index contributed by atoms with van der Waals surface area (Å²) in [4.78, 5) is 7.00. The highest BCUT2D eigenvalue weighted by atomic mass is 32.1. The first kappa shape index (κ1) is 10.4. The Bertz CT molecular complexity index is 399. The highest BCUT2D eigenvalue weighted by Gasteiger charge is 2.29. The van der Waals surface area contributed by atoms with Gasteiger partial charge in [-0.15, -0.1) is 0 Å². The predicted octanol–water partition coefficient (Wildman–Crippen LogP) is 1.62. The van der Waals surface area contributed by atoms with Gasteiger partial charge in [-0.1, -0.05) is 12.2 Å². The van der Waals surface area contributed by atoms with Gasteiger partial charge in [-0.3, -0.25) is 0 Å². The van der Waals surface area contributed by atoms with Gasteiger partial charge in [0.05, 0.1) is 5.56 Å². The fourth-order valence-corrected chi connectivity index (χ4v) is 2.00. The molecular weight excluding hydrogens is 206 g/mol. The molecule has 0 unspecified atom stereocenters. The van der Waals surface area contributed by atoms with Gasteiger partial charge in [-0.25, -0.2) is 4.98 Å². The van der Waals surface area contributed by atoms with Crippen LogP contribution in [-0.4, -0.2) is 23.1 Å². The maximum atomic E-state index is 5.74. The Morgan fingerprint density at radius 2 is 2.27 bits per heavy atom. The smallest absolute Gasteiger partial charge is 0.139 e. The molecule has 15 heavy (non-hydrogen) atoms. The fourth-order valence-electron chi connectivity index (χ4n) is 1.75. The van der Waals surface area contributed by atoms with Crippen LogP contribution in [0.1, 0.15) is 24.0 Å². The van der Waals surface area contributed by atoms with Gasteiger partial charge >= 0.3 is 0 Å². The van der Waals surface area contributed by atoms with Crippen molar-refractivity contribution in [3.05, 3.63) is 23.4 Å². The first-order valence-corrected chi connectivity index (χ1v) is 5.50. The highest BCUT2D eigenvalue weighted by Crippen LogP contribution is 2.31. The SMILES string of the molecule is Cc1ccnc(N(C)C2CC2)c1C(N)=S. The van der Waals surface area contributed by atoms with E-state index in [2.05, 4.69) is 16.9 Å². The molecule has 1 heterocycles. The summed E-state index contributed by atoms with van der Waals surface area (Å²) in [6.45, 7) is 2.01. The second-order valence-corrected chi connectivity index (χ2v) is 4.47. The normalized spacial score (nSPS) is 15.1. The Balaban J connectivity index is 2.44.